The number of carbonyl (C=O) groups is 5. The minimum atomic E-state index is -2.19. The Labute approximate surface area is 332 Å². The zero-order valence-corrected chi connectivity index (χ0v) is 33.0. The number of carboxylic acid groups (broad SMARTS) is 2. The number of aromatic nitrogens is 1. The summed E-state index contributed by atoms with van der Waals surface area (Å²) in [6, 6.07) is 1.76. The molecule has 1 aromatic rings. The van der Waals surface area contributed by atoms with Crippen LogP contribution in [0.4, 0.5) is 0 Å². The molecule has 0 bridgehead atoms. The molecule has 6 atom stereocenters. The molecule has 2 heterocycles. The molecule has 56 heavy (non-hydrogen) atoms. The third-order valence-corrected chi connectivity index (χ3v) is 14.5. The van der Waals surface area contributed by atoms with Crippen LogP contribution in [0.1, 0.15) is 102 Å². The number of rotatable bonds is 16. The van der Waals surface area contributed by atoms with Crippen molar-refractivity contribution in [1.82, 2.24) is 26.3 Å². The lowest BCUT2D eigenvalue weighted by atomic mass is 9.59. The molecule has 2 fully saturated rings. The maximum absolute atomic E-state index is 14.1. The second-order valence-electron chi connectivity index (χ2n) is 16.4. The number of aliphatic carboxylic acids is 2. The Morgan fingerprint density at radius 2 is 1.54 bits per heavy atom. The molecular weight excluding hydrogens is 739 g/mol. The van der Waals surface area contributed by atoms with Crippen LogP contribution >= 0.6 is 11.8 Å². The molecule has 14 nitrogen and oxygen atoms in total. The first-order valence-electron chi connectivity index (χ1n) is 20.2. The van der Waals surface area contributed by atoms with Crippen molar-refractivity contribution in [2.75, 3.05) is 19.5 Å². The zero-order valence-electron chi connectivity index (χ0n) is 32.2. The summed E-state index contributed by atoms with van der Waals surface area (Å²) in [6.07, 6.45) is 17.4. The van der Waals surface area contributed by atoms with E-state index in [0.717, 1.165) is 101 Å². The van der Waals surface area contributed by atoms with Crippen LogP contribution in [-0.2, 0) is 35.1 Å². The smallest absolute Gasteiger partial charge is 0.353 e. The number of hydrogen-bond donors (Lipinski definition) is 7. The van der Waals surface area contributed by atoms with E-state index in [9.17, 15) is 39.3 Å². The van der Waals surface area contributed by atoms with Gasteiger partial charge in [-0.1, -0.05) is 50.2 Å². The summed E-state index contributed by atoms with van der Waals surface area (Å²) in [4.78, 5) is 68.5. The van der Waals surface area contributed by atoms with E-state index < -0.39 is 48.0 Å². The van der Waals surface area contributed by atoms with E-state index >= 15 is 0 Å². The van der Waals surface area contributed by atoms with Crippen LogP contribution in [0.2, 0.25) is 0 Å². The van der Waals surface area contributed by atoms with Crippen LogP contribution < -0.4 is 21.3 Å². The van der Waals surface area contributed by atoms with Gasteiger partial charge in [0.1, 0.15) is 23.8 Å². The Kier molecular flexibility index (Phi) is 13.9. The third kappa shape index (κ3) is 9.49. The first kappa shape index (κ1) is 41.8. The van der Waals surface area contributed by atoms with E-state index in [-0.39, 0.29) is 53.2 Å². The fraction of sp³-hybridized carbons (Fsp3) is 0.659. The number of fused-ring (bicyclic) bond motifs is 1. The van der Waals surface area contributed by atoms with Crippen LogP contribution in [0.5, 0.6) is 0 Å². The molecule has 6 unspecified atom stereocenters. The van der Waals surface area contributed by atoms with Gasteiger partial charge in [-0.25, -0.2) is 4.79 Å². The van der Waals surface area contributed by atoms with E-state index in [1.807, 2.05) is 12.1 Å². The predicted octanol–water partition coefficient (Wildman–Crippen LogP) is 3.80. The summed E-state index contributed by atoms with van der Waals surface area (Å²) in [5, 5.41) is 39.2. The lowest BCUT2D eigenvalue weighted by Crippen LogP contribution is -2.53. The highest BCUT2D eigenvalue weighted by molar-refractivity contribution is 8.00. The van der Waals surface area contributed by atoms with Crippen LogP contribution in [-0.4, -0.2) is 93.1 Å². The Morgan fingerprint density at radius 3 is 2.12 bits per heavy atom. The van der Waals surface area contributed by atoms with E-state index in [2.05, 4.69) is 32.3 Å². The Balaban J connectivity index is 1.34. The number of pyridine rings is 1. The lowest BCUT2D eigenvalue weighted by molar-refractivity contribution is -0.151. The van der Waals surface area contributed by atoms with E-state index in [1.54, 1.807) is 19.4 Å². The molecule has 2 amide bonds. The number of aliphatic hydroxyl groups is 1. The number of carbonyl (C=O) groups excluding carboxylic acids is 3. The molecule has 1 aliphatic heterocycles. The van der Waals surface area contributed by atoms with Crippen molar-refractivity contribution in [3.8, 4) is 0 Å². The van der Waals surface area contributed by atoms with Gasteiger partial charge in [0.15, 0.2) is 0 Å². The van der Waals surface area contributed by atoms with Crippen LogP contribution in [0.15, 0.2) is 47.5 Å². The quantitative estimate of drug-likeness (QED) is 0.0721. The van der Waals surface area contributed by atoms with Gasteiger partial charge in [0.25, 0.3) is 0 Å². The van der Waals surface area contributed by atoms with Crippen molar-refractivity contribution >= 4 is 41.5 Å². The minimum absolute atomic E-state index is 0.00856. The number of amides is 2. The van der Waals surface area contributed by atoms with Gasteiger partial charge in [-0.3, -0.25) is 29.5 Å². The van der Waals surface area contributed by atoms with E-state index in [4.69, 9.17) is 4.74 Å². The van der Waals surface area contributed by atoms with E-state index in [1.165, 1.54) is 17.3 Å². The number of nitrogens with one attached hydrogen (secondary N) is 4. The number of esters is 1. The number of hydrogen-bond acceptors (Lipinski definition) is 11. The summed E-state index contributed by atoms with van der Waals surface area (Å²) in [5.74, 6) is -4.18. The average molecular weight is 796 g/mol. The monoisotopic (exact) mass is 795 g/mol. The van der Waals surface area contributed by atoms with Gasteiger partial charge in [0, 0.05) is 31.2 Å². The van der Waals surface area contributed by atoms with Gasteiger partial charge in [-0.15, -0.1) is 11.8 Å². The van der Waals surface area contributed by atoms with Crippen molar-refractivity contribution in [2.24, 2.45) is 22.7 Å². The van der Waals surface area contributed by atoms with E-state index in [0.29, 0.717) is 5.76 Å². The topological polar surface area (TPSA) is 216 Å². The van der Waals surface area contributed by atoms with Crippen molar-refractivity contribution in [3.63, 3.8) is 0 Å². The van der Waals surface area contributed by atoms with Gasteiger partial charge in [-0.05, 0) is 105 Å². The van der Waals surface area contributed by atoms with Crippen molar-refractivity contribution < 1.29 is 44.0 Å². The van der Waals surface area contributed by atoms with Crippen molar-refractivity contribution in [2.45, 2.75) is 126 Å². The molecule has 5 aliphatic rings. The van der Waals surface area contributed by atoms with Crippen molar-refractivity contribution in [1.29, 1.82) is 0 Å². The Bertz CT molecular complexity index is 1670. The molecule has 2 spiro atoms. The Hall–Kier alpha value is -3.79. The molecule has 7 N–H and O–H groups in total. The highest BCUT2D eigenvalue weighted by Gasteiger charge is 2.55. The molecule has 2 saturated carbocycles. The van der Waals surface area contributed by atoms with Gasteiger partial charge < -0.3 is 36.0 Å². The molecule has 15 heteroatoms. The van der Waals surface area contributed by atoms with Gasteiger partial charge in [0.2, 0.25) is 18.0 Å². The minimum Gasteiger partial charge on any atom is -0.480 e. The van der Waals surface area contributed by atoms with Crippen molar-refractivity contribution in [3.05, 3.63) is 53.1 Å². The fourth-order valence-corrected chi connectivity index (χ4v) is 11.9. The summed E-state index contributed by atoms with van der Waals surface area (Å²) in [5.41, 5.74) is 3.31. The van der Waals surface area contributed by atoms with Gasteiger partial charge >= 0.3 is 17.9 Å². The highest BCUT2D eigenvalue weighted by atomic mass is 32.2. The van der Waals surface area contributed by atoms with Gasteiger partial charge in [-0.2, -0.15) is 0 Å². The molecule has 0 saturated heterocycles. The Morgan fingerprint density at radius 1 is 0.911 bits per heavy atom. The molecule has 0 aromatic carbocycles. The summed E-state index contributed by atoms with van der Waals surface area (Å²) >= 11 is 1.46. The number of allylic oxidation sites excluding steroid dienone is 1. The van der Waals surface area contributed by atoms with Crippen LogP contribution in [0, 0.1) is 22.7 Å². The average Bonchev–Trinajstić information content (AvgIpc) is 3.93. The van der Waals surface area contributed by atoms with Crippen LogP contribution in [0.3, 0.4) is 0 Å². The molecule has 0 radical (unpaired) electrons. The fourth-order valence-electron chi connectivity index (χ4n) is 10.2. The number of nitrogens with zero attached hydrogens (tertiary/aromatic N) is 1. The first-order valence-corrected chi connectivity index (χ1v) is 21.3. The molecule has 6 rings (SSSR count). The zero-order chi connectivity index (χ0) is 39.9. The standard InChI is InChI=1S/C41H57N5O9S/c1-42-24-44-29(37(50)51)8-9-31(47)45-30(35(48)46-36(49)38(52)53)23-56-34-33-32-27(39(54)55-33)21-26(20-25-10-18-43-19-11-25)22-28(32)40(12-2-3-13-40)14-4-5-15-41(34)16-6-7-17-41/h10-11,18-19,21,27-30,34,36,42,44,49H,2-9,12-17,20,22-24H2,1H3,(H,45,47)(H,46,48)(H,50,51)(H,52,53). The lowest BCUT2D eigenvalue weighted by Gasteiger charge is -2.45. The summed E-state index contributed by atoms with van der Waals surface area (Å²) in [7, 11) is 1.66. The second kappa shape index (κ2) is 18.6. The highest BCUT2D eigenvalue weighted by Crippen LogP contribution is 2.62. The third-order valence-electron chi connectivity index (χ3n) is 12.9. The molecular formula is C41H57N5O9S. The number of ether oxygens (including phenoxy) is 1. The SMILES string of the molecule is CNCNC(CCC(=O)NC(CSC1C2=C3C(C=C(Cc4ccncc4)CC3C3(CCCC3)CCCCC13CCCC3)C(=O)O2)C(=O)NC(O)C(=O)O)C(=O)O. The predicted molar refractivity (Wildman–Crippen MR) is 209 cm³/mol. The normalized spacial score (nSPS) is 25.5. The first-order chi connectivity index (χ1) is 26.9. The maximum atomic E-state index is 14.1. The number of carboxylic acids is 2. The molecule has 1 aromatic heterocycles. The number of thioether (sulfide) groups is 1. The van der Waals surface area contributed by atoms with Crippen LogP contribution in [0.25, 0.3) is 0 Å². The number of aliphatic hydroxyl groups excluding tert-OH is 1. The summed E-state index contributed by atoms with van der Waals surface area (Å²) < 4.78 is 6.49. The maximum Gasteiger partial charge on any atom is 0.353 e. The molecule has 4 aliphatic carbocycles. The summed E-state index contributed by atoms with van der Waals surface area (Å²) in [6.45, 7) is 0.212. The second-order valence-corrected chi connectivity index (χ2v) is 17.6. The van der Waals surface area contributed by atoms with Gasteiger partial charge in [0.05, 0.1) is 5.25 Å². The largest absolute Gasteiger partial charge is 0.480 e. The molecule has 306 valence electrons.